The van der Waals surface area contributed by atoms with Crippen LogP contribution in [-0.4, -0.2) is 24.0 Å². The average Bonchev–Trinajstić information content (AvgIpc) is 2.96. The second kappa shape index (κ2) is 6.60. The van der Waals surface area contributed by atoms with E-state index in [0.29, 0.717) is 10.8 Å². The summed E-state index contributed by atoms with van der Waals surface area (Å²) in [6, 6.07) is 7.56. The third kappa shape index (κ3) is 3.16. The molecule has 1 aromatic carbocycles. The van der Waals surface area contributed by atoms with Gasteiger partial charge in [0.25, 0.3) is 5.91 Å². The normalized spacial score (nSPS) is 17.2. The molecular formula is C16H15BrClNO2S. The van der Waals surface area contributed by atoms with Crippen LogP contribution in [0, 0.1) is 0 Å². The summed E-state index contributed by atoms with van der Waals surface area (Å²) in [7, 11) is 0. The topological polar surface area (TPSA) is 29.5 Å². The van der Waals surface area contributed by atoms with Gasteiger partial charge >= 0.3 is 0 Å². The second-order valence-corrected chi connectivity index (χ2v) is 7.50. The molecule has 0 saturated heterocycles. The van der Waals surface area contributed by atoms with Gasteiger partial charge in [0.1, 0.15) is 5.75 Å². The summed E-state index contributed by atoms with van der Waals surface area (Å²) in [6.07, 6.45) is 0.919. The zero-order chi connectivity index (χ0) is 15.7. The first kappa shape index (κ1) is 15.8. The molecule has 0 unspecified atom stereocenters. The Balaban J connectivity index is 1.65. The van der Waals surface area contributed by atoms with Crippen molar-refractivity contribution in [2.24, 2.45) is 0 Å². The number of benzene rings is 1. The van der Waals surface area contributed by atoms with E-state index in [4.69, 9.17) is 16.3 Å². The van der Waals surface area contributed by atoms with Crippen LogP contribution in [0.25, 0.3) is 0 Å². The van der Waals surface area contributed by atoms with Crippen molar-refractivity contribution < 1.29 is 9.53 Å². The van der Waals surface area contributed by atoms with Crippen molar-refractivity contribution >= 4 is 44.8 Å². The van der Waals surface area contributed by atoms with E-state index >= 15 is 0 Å². The van der Waals surface area contributed by atoms with E-state index in [9.17, 15) is 4.79 Å². The monoisotopic (exact) mass is 399 g/mol. The summed E-state index contributed by atoms with van der Waals surface area (Å²) >= 11 is 11.2. The Morgan fingerprint density at radius 2 is 2.32 bits per heavy atom. The Labute approximate surface area is 147 Å². The number of carbonyl (C=O) groups excluding carboxylic acids is 1. The van der Waals surface area contributed by atoms with Crippen LogP contribution in [0.15, 0.2) is 34.1 Å². The van der Waals surface area contributed by atoms with E-state index in [1.165, 1.54) is 10.4 Å². The van der Waals surface area contributed by atoms with Gasteiger partial charge in [-0.15, -0.1) is 11.3 Å². The summed E-state index contributed by atoms with van der Waals surface area (Å²) in [6.45, 7) is 2.81. The SMILES string of the molecule is C[C@@H]1c2ccsc2CCN1C(=O)COc1ccc(Br)cc1Cl. The van der Waals surface area contributed by atoms with Crippen molar-refractivity contribution in [1.29, 1.82) is 0 Å². The van der Waals surface area contributed by atoms with Gasteiger partial charge in [0, 0.05) is 15.9 Å². The summed E-state index contributed by atoms with van der Waals surface area (Å²) in [5.74, 6) is 0.516. The number of thiophene rings is 1. The highest BCUT2D eigenvalue weighted by Gasteiger charge is 2.28. The molecule has 1 aliphatic rings. The first-order chi connectivity index (χ1) is 10.6. The zero-order valence-electron chi connectivity index (χ0n) is 12.0. The lowest BCUT2D eigenvalue weighted by Gasteiger charge is -2.33. The molecule has 1 amide bonds. The molecule has 0 aliphatic carbocycles. The third-order valence-corrected chi connectivity index (χ3v) is 5.63. The Bertz CT molecular complexity index is 703. The van der Waals surface area contributed by atoms with Crippen molar-refractivity contribution in [1.82, 2.24) is 4.90 Å². The second-order valence-electron chi connectivity index (χ2n) is 5.18. The van der Waals surface area contributed by atoms with Crippen LogP contribution in [-0.2, 0) is 11.2 Å². The molecule has 116 valence electrons. The quantitative estimate of drug-likeness (QED) is 0.748. The zero-order valence-corrected chi connectivity index (χ0v) is 15.2. The lowest BCUT2D eigenvalue weighted by Crippen LogP contribution is -2.40. The molecule has 3 rings (SSSR count). The van der Waals surface area contributed by atoms with E-state index < -0.39 is 0 Å². The molecule has 0 spiro atoms. The molecule has 2 heterocycles. The largest absolute Gasteiger partial charge is 0.482 e. The molecule has 2 aromatic rings. The minimum absolute atomic E-state index is 0.00512. The predicted octanol–water partition coefficient (Wildman–Crippen LogP) is 4.69. The van der Waals surface area contributed by atoms with E-state index in [1.54, 1.807) is 23.5 Å². The molecule has 6 heteroatoms. The van der Waals surface area contributed by atoms with Gasteiger partial charge in [0.2, 0.25) is 0 Å². The van der Waals surface area contributed by atoms with Gasteiger partial charge in [-0.1, -0.05) is 27.5 Å². The molecular weight excluding hydrogens is 386 g/mol. The summed E-state index contributed by atoms with van der Waals surface area (Å²) in [4.78, 5) is 15.7. The van der Waals surface area contributed by atoms with E-state index in [0.717, 1.165) is 17.4 Å². The van der Waals surface area contributed by atoms with Gasteiger partial charge in [-0.25, -0.2) is 0 Å². The molecule has 0 radical (unpaired) electrons. The molecule has 22 heavy (non-hydrogen) atoms. The summed E-state index contributed by atoms with van der Waals surface area (Å²) in [5, 5.41) is 2.58. The molecule has 1 aromatic heterocycles. The highest BCUT2D eigenvalue weighted by Crippen LogP contribution is 2.33. The van der Waals surface area contributed by atoms with Gasteiger partial charge in [-0.2, -0.15) is 0 Å². The Morgan fingerprint density at radius 1 is 1.50 bits per heavy atom. The van der Waals surface area contributed by atoms with Gasteiger partial charge in [0.05, 0.1) is 11.1 Å². The van der Waals surface area contributed by atoms with Crippen LogP contribution in [0.1, 0.15) is 23.4 Å². The number of ether oxygens (including phenoxy) is 1. The molecule has 1 aliphatic heterocycles. The summed E-state index contributed by atoms with van der Waals surface area (Å²) in [5.41, 5.74) is 1.26. The van der Waals surface area contributed by atoms with Gasteiger partial charge in [-0.05, 0) is 48.6 Å². The van der Waals surface area contributed by atoms with Gasteiger partial charge in [0.15, 0.2) is 6.61 Å². The lowest BCUT2D eigenvalue weighted by molar-refractivity contribution is -0.135. The van der Waals surface area contributed by atoms with Crippen molar-refractivity contribution in [2.45, 2.75) is 19.4 Å². The highest BCUT2D eigenvalue weighted by atomic mass is 79.9. The van der Waals surface area contributed by atoms with E-state index in [-0.39, 0.29) is 18.6 Å². The lowest BCUT2D eigenvalue weighted by atomic mass is 10.0. The number of hydrogen-bond acceptors (Lipinski definition) is 3. The highest BCUT2D eigenvalue weighted by molar-refractivity contribution is 9.10. The fourth-order valence-corrected chi connectivity index (χ4v) is 4.36. The number of rotatable bonds is 3. The number of halogens is 2. The van der Waals surface area contributed by atoms with Crippen LogP contribution < -0.4 is 4.74 Å². The maximum atomic E-state index is 12.4. The molecule has 0 saturated carbocycles. The van der Waals surface area contributed by atoms with Crippen LogP contribution in [0.4, 0.5) is 0 Å². The van der Waals surface area contributed by atoms with Gasteiger partial charge < -0.3 is 9.64 Å². The van der Waals surface area contributed by atoms with E-state index in [1.807, 2.05) is 11.0 Å². The maximum Gasteiger partial charge on any atom is 0.261 e. The third-order valence-electron chi connectivity index (χ3n) is 3.84. The van der Waals surface area contributed by atoms with Crippen molar-refractivity contribution in [3.8, 4) is 5.75 Å². The molecule has 0 fully saturated rings. The first-order valence-electron chi connectivity index (χ1n) is 7.00. The average molecular weight is 401 g/mol. The van der Waals surface area contributed by atoms with Crippen LogP contribution in [0.2, 0.25) is 5.02 Å². The molecule has 0 bridgehead atoms. The molecule has 3 nitrogen and oxygen atoms in total. The van der Waals surface area contributed by atoms with Crippen molar-refractivity contribution in [3.63, 3.8) is 0 Å². The van der Waals surface area contributed by atoms with Crippen LogP contribution in [0.3, 0.4) is 0 Å². The predicted molar refractivity (Wildman–Crippen MR) is 92.8 cm³/mol. The standard InChI is InChI=1S/C16H15BrClNO2S/c1-10-12-5-7-22-15(12)4-6-19(10)16(20)9-21-14-3-2-11(17)8-13(14)18/h2-3,5,7-8,10H,4,6,9H2,1H3/t10-/m1/s1. The minimum Gasteiger partial charge on any atom is -0.482 e. The van der Waals surface area contributed by atoms with Crippen molar-refractivity contribution in [3.05, 3.63) is 49.6 Å². The molecule has 1 atom stereocenters. The number of hydrogen-bond donors (Lipinski definition) is 0. The van der Waals surface area contributed by atoms with E-state index in [2.05, 4.69) is 34.3 Å². The first-order valence-corrected chi connectivity index (χ1v) is 9.05. The van der Waals surface area contributed by atoms with Crippen molar-refractivity contribution in [2.75, 3.05) is 13.2 Å². The maximum absolute atomic E-state index is 12.4. The fourth-order valence-electron chi connectivity index (χ4n) is 2.66. The van der Waals surface area contributed by atoms with Crippen LogP contribution in [0.5, 0.6) is 5.75 Å². The molecule has 0 N–H and O–H groups in total. The Kier molecular flexibility index (Phi) is 4.76. The number of fused-ring (bicyclic) bond motifs is 1. The fraction of sp³-hybridized carbons (Fsp3) is 0.312. The van der Waals surface area contributed by atoms with Gasteiger partial charge in [-0.3, -0.25) is 4.79 Å². The number of carbonyl (C=O) groups is 1. The Hall–Kier alpha value is -1.04. The minimum atomic E-state index is -0.0108. The summed E-state index contributed by atoms with van der Waals surface area (Å²) < 4.78 is 6.46. The number of nitrogens with zero attached hydrogens (tertiary/aromatic N) is 1. The smallest absolute Gasteiger partial charge is 0.261 e. The number of amides is 1. The Morgan fingerprint density at radius 3 is 3.09 bits per heavy atom. The van der Waals surface area contributed by atoms with Crippen LogP contribution >= 0.6 is 38.9 Å².